The van der Waals surface area contributed by atoms with Crippen LogP contribution in [0, 0.1) is 0 Å². The lowest BCUT2D eigenvalue weighted by Gasteiger charge is -2.23. The van der Waals surface area contributed by atoms with E-state index < -0.39 is 0 Å². The first-order chi connectivity index (χ1) is 14.2. The lowest BCUT2D eigenvalue weighted by Crippen LogP contribution is -2.25. The van der Waals surface area contributed by atoms with E-state index in [2.05, 4.69) is 30.2 Å². The summed E-state index contributed by atoms with van der Waals surface area (Å²) in [4.78, 5) is 10.4. The number of hydrogen-bond acceptors (Lipinski definition) is 7. The van der Waals surface area contributed by atoms with E-state index >= 15 is 0 Å². The molecule has 8 nitrogen and oxygen atoms in total. The molecule has 1 fully saturated rings. The zero-order chi connectivity index (χ0) is 19.8. The number of nitrogens with zero attached hydrogens (tertiary/aromatic N) is 7. The Balaban J connectivity index is 1.45. The molecule has 0 radical (unpaired) electrons. The van der Waals surface area contributed by atoms with Gasteiger partial charge in [-0.05, 0) is 25.0 Å². The van der Waals surface area contributed by atoms with Crippen LogP contribution >= 0.6 is 11.6 Å². The molecule has 3 aromatic heterocycles. The number of halogens is 1. The molecule has 1 aromatic carbocycles. The molecule has 0 spiro atoms. The zero-order valence-electron chi connectivity index (χ0n) is 15.7. The molecule has 1 unspecified atom stereocenters. The summed E-state index contributed by atoms with van der Waals surface area (Å²) < 4.78 is 7.58. The van der Waals surface area contributed by atoms with Gasteiger partial charge >= 0.3 is 0 Å². The number of benzene rings is 1. The minimum absolute atomic E-state index is 0.0782. The first-order valence-corrected chi connectivity index (χ1v) is 9.72. The van der Waals surface area contributed by atoms with Gasteiger partial charge in [-0.1, -0.05) is 28.9 Å². The first kappa shape index (κ1) is 17.8. The molecule has 0 bridgehead atoms. The Kier molecular flexibility index (Phi) is 4.48. The molecule has 9 heteroatoms. The summed E-state index contributed by atoms with van der Waals surface area (Å²) >= 11 is 6.10. The van der Waals surface area contributed by atoms with Crippen LogP contribution in [0.5, 0.6) is 0 Å². The van der Waals surface area contributed by atoms with E-state index in [1.165, 1.54) is 6.33 Å². The number of aromatic nitrogens is 6. The van der Waals surface area contributed by atoms with Crippen molar-refractivity contribution < 1.29 is 4.52 Å². The first-order valence-electron chi connectivity index (χ1n) is 9.34. The van der Waals surface area contributed by atoms with Crippen LogP contribution in [0.4, 0.5) is 5.95 Å². The van der Waals surface area contributed by atoms with Crippen molar-refractivity contribution in [2.75, 3.05) is 11.4 Å². The van der Waals surface area contributed by atoms with Crippen LogP contribution in [-0.2, 0) is 7.05 Å². The Bertz CT molecular complexity index is 1140. The smallest absolute Gasteiger partial charge is 0.227 e. The molecular formula is C20H18ClN7O. The average molecular weight is 408 g/mol. The van der Waals surface area contributed by atoms with Crippen molar-refractivity contribution in [2.45, 2.75) is 18.9 Å². The molecule has 1 atom stereocenters. The summed E-state index contributed by atoms with van der Waals surface area (Å²) in [5.74, 6) is 2.22. The largest absolute Gasteiger partial charge is 0.356 e. The van der Waals surface area contributed by atoms with Gasteiger partial charge in [0.25, 0.3) is 0 Å². The van der Waals surface area contributed by atoms with E-state index in [-0.39, 0.29) is 6.04 Å². The van der Waals surface area contributed by atoms with Gasteiger partial charge in [-0.2, -0.15) is 0 Å². The minimum atomic E-state index is 0.0782. The van der Waals surface area contributed by atoms with Crippen LogP contribution in [0.15, 0.2) is 53.6 Å². The third-order valence-electron chi connectivity index (χ3n) is 5.16. The van der Waals surface area contributed by atoms with E-state index in [1.54, 1.807) is 12.4 Å². The van der Waals surface area contributed by atoms with Crippen molar-refractivity contribution in [2.24, 2.45) is 7.05 Å². The Hall–Kier alpha value is -3.26. The lowest BCUT2D eigenvalue weighted by molar-refractivity contribution is 0.416. The van der Waals surface area contributed by atoms with Crippen molar-refractivity contribution in [1.82, 2.24) is 29.9 Å². The summed E-state index contributed by atoms with van der Waals surface area (Å²) in [5, 5.41) is 13.8. The fourth-order valence-corrected chi connectivity index (χ4v) is 3.96. The van der Waals surface area contributed by atoms with Crippen molar-refractivity contribution >= 4 is 17.5 Å². The topological polar surface area (TPSA) is 85.8 Å². The van der Waals surface area contributed by atoms with Crippen molar-refractivity contribution in [1.29, 1.82) is 0 Å². The Morgan fingerprint density at radius 3 is 2.79 bits per heavy atom. The van der Waals surface area contributed by atoms with Crippen LogP contribution in [0.3, 0.4) is 0 Å². The Morgan fingerprint density at radius 1 is 1.10 bits per heavy atom. The highest BCUT2D eigenvalue weighted by Gasteiger charge is 2.32. The van der Waals surface area contributed by atoms with Crippen LogP contribution in [-0.4, -0.2) is 36.4 Å². The SMILES string of the molecule is Cn1c(-c2cncnc2)nnc1N1CCCC1c1cc(-c2cccc(Cl)c2)on1. The van der Waals surface area contributed by atoms with E-state index in [1.807, 2.05) is 41.9 Å². The highest BCUT2D eigenvalue weighted by Crippen LogP contribution is 2.37. The standard InChI is InChI=1S/C20H18ClN7O/c1-27-19(14-10-22-12-23-11-14)24-25-20(27)28-7-3-6-17(28)16-9-18(29-26-16)13-4-2-5-15(21)8-13/h2,4-5,8-12,17H,3,6-7H2,1H3. The molecule has 5 rings (SSSR count). The summed E-state index contributed by atoms with van der Waals surface area (Å²) in [7, 11) is 1.95. The maximum atomic E-state index is 6.10. The zero-order valence-corrected chi connectivity index (χ0v) is 16.5. The van der Waals surface area contributed by atoms with E-state index in [0.29, 0.717) is 10.8 Å². The van der Waals surface area contributed by atoms with Crippen LogP contribution in [0.2, 0.25) is 5.02 Å². The second-order valence-electron chi connectivity index (χ2n) is 6.99. The highest BCUT2D eigenvalue weighted by molar-refractivity contribution is 6.30. The Labute approximate surface area is 172 Å². The second kappa shape index (κ2) is 7.29. The fraction of sp³-hybridized carbons (Fsp3) is 0.250. The van der Waals surface area contributed by atoms with Crippen LogP contribution < -0.4 is 4.90 Å². The maximum absolute atomic E-state index is 6.10. The Morgan fingerprint density at radius 2 is 1.97 bits per heavy atom. The normalized spacial score (nSPS) is 16.5. The second-order valence-corrected chi connectivity index (χ2v) is 7.42. The average Bonchev–Trinajstić information content (AvgIpc) is 3.47. The number of anilines is 1. The van der Waals surface area contributed by atoms with Crippen molar-refractivity contribution in [3.63, 3.8) is 0 Å². The third kappa shape index (κ3) is 3.25. The van der Waals surface area contributed by atoms with Gasteiger partial charge in [0.2, 0.25) is 5.95 Å². The quantitative estimate of drug-likeness (QED) is 0.506. The molecule has 0 saturated carbocycles. The summed E-state index contributed by atoms with van der Waals surface area (Å²) in [6, 6.07) is 9.63. The van der Waals surface area contributed by atoms with Crippen LogP contribution in [0.1, 0.15) is 24.6 Å². The van der Waals surface area contributed by atoms with Gasteiger partial charge in [0.15, 0.2) is 11.6 Å². The van der Waals surface area contributed by atoms with E-state index in [0.717, 1.165) is 48.0 Å². The summed E-state index contributed by atoms with van der Waals surface area (Å²) in [6.07, 6.45) is 6.98. The van der Waals surface area contributed by atoms with E-state index in [4.69, 9.17) is 16.1 Å². The molecule has 4 heterocycles. The number of rotatable bonds is 4. The van der Waals surface area contributed by atoms with E-state index in [9.17, 15) is 0 Å². The molecule has 4 aromatic rings. The van der Waals surface area contributed by atoms with Gasteiger partial charge in [0, 0.05) is 42.6 Å². The van der Waals surface area contributed by atoms with Gasteiger partial charge in [-0.25, -0.2) is 9.97 Å². The fourth-order valence-electron chi connectivity index (χ4n) is 3.77. The summed E-state index contributed by atoms with van der Waals surface area (Å²) in [6.45, 7) is 0.876. The highest BCUT2D eigenvalue weighted by atomic mass is 35.5. The monoisotopic (exact) mass is 407 g/mol. The van der Waals surface area contributed by atoms with Crippen molar-refractivity contribution in [3.05, 3.63) is 59.8 Å². The number of hydrogen-bond donors (Lipinski definition) is 0. The predicted molar refractivity (Wildman–Crippen MR) is 108 cm³/mol. The lowest BCUT2D eigenvalue weighted by atomic mass is 10.1. The predicted octanol–water partition coefficient (Wildman–Crippen LogP) is 3.92. The molecule has 0 amide bonds. The van der Waals surface area contributed by atoms with Crippen molar-refractivity contribution in [3.8, 4) is 22.7 Å². The van der Waals surface area contributed by atoms with Gasteiger partial charge < -0.3 is 9.42 Å². The van der Waals surface area contributed by atoms with Gasteiger partial charge in [0.05, 0.1) is 11.6 Å². The molecule has 0 aliphatic carbocycles. The van der Waals surface area contributed by atoms with Gasteiger partial charge in [-0.3, -0.25) is 4.57 Å². The molecule has 1 saturated heterocycles. The van der Waals surface area contributed by atoms with Gasteiger partial charge in [-0.15, -0.1) is 10.2 Å². The van der Waals surface area contributed by atoms with Crippen LogP contribution in [0.25, 0.3) is 22.7 Å². The molecular weight excluding hydrogens is 390 g/mol. The maximum Gasteiger partial charge on any atom is 0.227 e. The summed E-state index contributed by atoms with van der Waals surface area (Å²) in [5.41, 5.74) is 2.62. The molecule has 1 aliphatic rings. The molecule has 1 aliphatic heterocycles. The molecule has 146 valence electrons. The molecule has 0 N–H and O–H groups in total. The molecule has 29 heavy (non-hydrogen) atoms. The minimum Gasteiger partial charge on any atom is -0.356 e. The third-order valence-corrected chi connectivity index (χ3v) is 5.39. The van der Waals surface area contributed by atoms with Gasteiger partial charge in [0.1, 0.15) is 12.0 Å².